The Kier molecular flexibility index (Phi) is 8.01. The van der Waals surface area contributed by atoms with Crippen LogP contribution in [0.3, 0.4) is 0 Å². The number of nitrogens with zero attached hydrogens (tertiary/aromatic N) is 1. The summed E-state index contributed by atoms with van der Waals surface area (Å²) in [7, 11) is 3.07. The maximum atomic E-state index is 12.3. The third-order valence-electron chi connectivity index (χ3n) is 3.80. The molecule has 0 fully saturated rings. The van der Waals surface area contributed by atoms with E-state index in [0.717, 1.165) is 4.47 Å². The van der Waals surface area contributed by atoms with Crippen molar-refractivity contribution in [3.63, 3.8) is 0 Å². The number of amides is 2. The molecule has 2 aromatic carbocycles. The van der Waals surface area contributed by atoms with Crippen molar-refractivity contribution in [3.8, 4) is 11.5 Å². The molecular formula is C19H19Br2N3O4. The SMILES string of the molecule is COc1cc(OC)c(C=NNC(=O)C(C)C(=O)Nc2ccccc2Br)cc1Br. The summed E-state index contributed by atoms with van der Waals surface area (Å²) in [6.07, 6.45) is 1.43. The number of hydrogen-bond acceptors (Lipinski definition) is 5. The van der Waals surface area contributed by atoms with E-state index >= 15 is 0 Å². The highest BCUT2D eigenvalue weighted by Gasteiger charge is 2.21. The van der Waals surface area contributed by atoms with Gasteiger partial charge in [0.1, 0.15) is 17.4 Å². The van der Waals surface area contributed by atoms with Crippen molar-refractivity contribution >= 4 is 55.6 Å². The second kappa shape index (κ2) is 10.2. The quantitative estimate of drug-likeness (QED) is 0.334. The Hall–Kier alpha value is -2.39. The number of hydrogen-bond donors (Lipinski definition) is 2. The normalized spacial score (nSPS) is 11.8. The Morgan fingerprint density at radius 1 is 1.04 bits per heavy atom. The molecule has 0 radical (unpaired) electrons. The number of halogens is 2. The van der Waals surface area contributed by atoms with Crippen LogP contribution in [0.5, 0.6) is 11.5 Å². The highest BCUT2D eigenvalue weighted by Crippen LogP contribution is 2.31. The molecule has 7 nitrogen and oxygen atoms in total. The number of rotatable bonds is 7. The minimum atomic E-state index is -0.936. The number of para-hydroxylation sites is 1. The van der Waals surface area contributed by atoms with E-state index in [1.165, 1.54) is 20.2 Å². The first-order valence-electron chi connectivity index (χ1n) is 8.17. The number of nitrogens with one attached hydrogen (secondary N) is 2. The number of anilines is 1. The third-order valence-corrected chi connectivity index (χ3v) is 5.11. The molecule has 0 spiro atoms. The number of benzene rings is 2. The second-order valence-corrected chi connectivity index (χ2v) is 7.36. The van der Waals surface area contributed by atoms with Crippen LogP contribution in [0, 0.1) is 5.92 Å². The fraction of sp³-hybridized carbons (Fsp3) is 0.211. The molecule has 148 valence electrons. The molecule has 0 saturated heterocycles. The van der Waals surface area contributed by atoms with E-state index in [9.17, 15) is 9.59 Å². The fourth-order valence-electron chi connectivity index (χ4n) is 2.17. The standard InChI is InChI=1S/C19H19Br2N3O4/c1-11(18(25)23-15-7-5-4-6-13(15)20)19(26)24-22-10-12-8-14(21)17(28-3)9-16(12)27-2/h4-11H,1-3H3,(H,23,25)(H,24,26). The van der Waals surface area contributed by atoms with Crippen LogP contribution >= 0.6 is 31.9 Å². The van der Waals surface area contributed by atoms with Gasteiger partial charge in [0.05, 0.1) is 30.6 Å². The predicted molar refractivity (Wildman–Crippen MR) is 115 cm³/mol. The molecule has 9 heteroatoms. The molecule has 1 unspecified atom stereocenters. The molecule has 2 amide bonds. The van der Waals surface area contributed by atoms with Crippen molar-refractivity contribution in [1.82, 2.24) is 5.43 Å². The number of ether oxygens (including phenoxy) is 2. The van der Waals surface area contributed by atoms with Crippen molar-refractivity contribution in [2.45, 2.75) is 6.92 Å². The lowest BCUT2D eigenvalue weighted by Crippen LogP contribution is -2.34. The molecule has 2 N–H and O–H groups in total. The van der Waals surface area contributed by atoms with E-state index in [4.69, 9.17) is 9.47 Å². The zero-order valence-corrected chi connectivity index (χ0v) is 18.6. The summed E-state index contributed by atoms with van der Waals surface area (Å²) in [5, 5.41) is 6.62. The van der Waals surface area contributed by atoms with Crippen molar-refractivity contribution in [3.05, 3.63) is 50.9 Å². The summed E-state index contributed by atoms with van der Waals surface area (Å²) in [5.74, 6) is -0.779. The Morgan fingerprint density at radius 2 is 1.71 bits per heavy atom. The van der Waals surface area contributed by atoms with E-state index < -0.39 is 17.7 Å². The average Bonchev–Trinajstić information content (AvgIpc) is 2.69. The van der Waals surface area contributed by atoms with Crippen LogP contribution in [0.15, 0.2) is 50.4 Å². The van der Waals surface area contributed by atoms with Gasteiger partial charge in [0.2, 0.25) is 5.91 Å². The van der Waals surface area contributed by atoms with Gasteiger partial charge < -0.3 is 14.8 Å². The van der Waals surface area contributed by atoms with E-state index in [2.05, 4.69) is 47.7 Å². The molecule has 28 heavy (non-hydrogen) atoms. The first kappa shape index (κ1) is 21.9. The van der Waals surface area contributed by atoms with Gasteiger partial charge >= 0.3 is 0 Å². The molecule has 2 aromatic rings. The van der Waals surface area contributed by atoms with Gasteiger partial charge in [0.15, 0.2) is 0 Å². The van der Waals surface area contributed by atoms with Gasteiger partial charge in [-0.3, -0.25) is 9.59 Å². The van der Waals surface area contributed by atoms with Crippen molar-refractivity contribution < 1.29 is 19.1 Å². The zero-order chi connectivity index (χ0) is 20.7. The minimum Gasteiger partial charge on any atom is -0.496 e. The predicted octanol–water partition coefficient (Wildman–Crippen LogP) is 3.95. The average molecular weight is 513 g/mol. The molecule has 0 aliphatic heterocycles. The van der Waals surface area contributed by atoms with E-state index in [1.54, 1.807) is 37.4 Å². The van der Waals surface area contributed by atoms with Gasteiger partial charge in [0, 0.05) is 16.1 Å². The van der Waals surface area contributed by atoms with Crippen LogP contribution in [0.1, 0.15) is 12.5 Å². The number of carbonyl (C=O) groups is 2. The van der Waals surface area contributed by atoms with Crippen LogP contribution in [0.4, 0.5) is 5.69 Å². The van der Waals surface area contributed by atoms with Crippen LogP contribution in [0.2, 0.25) is 0 Å². The lowest BCUT2D eigenvalue weighted by Gasteiger charge is -2.12. The highest BCUT2D eigenvalue weighted by molar-refractivity contribution is 9.11. The van der Waals surface area contributed by atoms with Gasteiger partial charge in [0.25, 0.3) is 5.91 Å². The molecule has 0 aliphatic carbocycles. The molecule has 1 atom stereocenters. The second-order valence-electron chi connectivity index (χ2n) is 5.65. The Bertz CT molecular complexity index is 903. The van der Waals surface area contributed by atoms with Crippen LogP contribution in [-0.2, 0) is 9.59 Å². The number of carbonyl (C=O) groups excluding carboxylic acids is 2. The van der Waals surface area contributed by atoms with E-state index in [-0.39, 0.29) is 0 Å². The number of methoxy groups -OCH3 is 2. The summed E-state index contributed by atoms with van der Waals surface area (Å²) < 4.78 is 11.9. The topological polar surface area (TPSA) is 89.0 Å². The maximum Gasteiger partial charge on any atom is 0.252 e. The summed E-state index contributed by atoms with van der Waals surface area (Å²) in [6.45, 7) is 1.50. The summed E-state index contributed by atoms with van der Waals surface area (Å²) in [4.78, 5) is 24.5. The maximum absolute atomic E-state index is 12.3. The summed E-state index contributed by atoms with van der Waals surface area (Å²) in [6, 6.07) is 10.6. The van der Waals surface area contributed by atoms with Crippen LogP contribution in [-0.4, -0.2) is 32.2 Å². The Morgan fingerprint density at radius 3 is 2.36 bits per heavy atom. The largest absolute Gasteiger partial charge is 0.496 e. The van der Waals surface area contributed by atoms with Gasteiger partial charge in [-0.1, -0.05) is 12.1 Å². The Labute approximate surface area is 179 Å². The number of hydrazone groups is 1. The fourth-order valence-corrected chi connectivity index (χ4v) is 3.08. The monoisotopic (exact) mass is 511 g/mol. The molecule has 0 bridgehead atoms. The lowest BCUT2D eigenvalue weighted by atomic mass is 10.1. The summed E-state index contributed by atoms with van der Waals surface area (Å²) >= 11 is 6.73. The van der Waals surface area contributed by atoms with Crippen molar-refractivity contribution in [2.75, 3.05) is 19.5 Å². The van der Waals surface area contributed by atoms with E-state index in [0.29, 0.717) is 27.2 Å². The summed E-state index contributed by atoms with van der Waals surface area (Å²) in [5.41, 5.74) is 3.58. The van der Waals surface area contributed by atoms with Crippen molar-refractivity contribution in [1.29, 1.82) is 0 Å². The molecule has 2 rings (SSSR count). The molecule has 0 saturated carbocycles. The van der Waals surface area contributed by atoms with Gasteiger partial charge in [-0.05, 0) is 57.0 Å². The van der Waals surface area contributed by atoms with Crippen LogP contribution in [0.25, 0.3) is 0 Å². The van der Waals surface area contributed by atoms with Gasteiger partial charge in [-0.15, -0.1) is 0 Å². The first-order valence-corrected chi connectivity index (χ1v) is 9.75. The van der Waals surface area contributed by atoms with Crippen LogP contribution < -0.4 is 20.2 Å². The zero-order valence-electron chi connectivity index (χ0n) is 15.5. The molecule has 0 aromatic heterocycles. The van der Waals surface area contributed by atoms with Crippen molar-refractivity contribution in [2.24, 2.45) is 11.0 Å². The lowest BCUT2D eigenvalue weighted by molar-refractivity contribution is -0.131. The van der Waals surface area contributed by atoms with Gasteiger partial charge in [-0.25, -0.2) is 5.43 Å². The molecular weight excluding hydrogens is 494 g/mol. The minimum absolute atomic E-state index is 0.440. The highest BCUT2D eigenvalue weighted by atomic mass is 79.9. The van der Waals surface area contributed by atoms with E-state index in [1.807, 2.05) is 6.07 Å². The molecule has 0 aliphatic rings. The smallest absolute Gasteiger partial charge is 0.252 e. The molecule has 0 heterocycles. The van der Waals surface area contributed by atoms with Gasteiger partial charge in [-0.2, -0.15) is 5.10 Å². The third kappa shape index (κ3) is 5.56. The Balaban J connectivity index is 2.02. The first-order chi connectivity index (χ1) is 13.4.